The van der Waals surface area contributed by atoms with Gasteiger partial charge in [-0.1, -0.05) is 70.1 Å². The number of likely N-dealkylation sites (N-methyl/N-ethyl adjacent to an activating group) is 1. The summed E-state index contributed by atoms with van der Waals surface area (Å²) >= 11 is 0. The fourth-order valence-electron chi connectivity index (χ4n) is 8.00. The van der Waals surface area contributed by atoms with Crippen LogP contribution in [0, 0.1) is 17.8 Å². The number of hydrogen-bond acceptors (Lipinski definition) is 9. The number of imide groups is 1. The number of hydrogen-bond donors (Lipinski definition) is 3. The molecule has 1 aliphatic carbocycles. The standard InChI is InChI=1S/C44H68N6O9/c1-9-30(2)40(48(6)39(55)29-46-43(57)44(4,5)47-35(51)21-15-12-16-26-50-36(52)22-23-37(50)53)34(58-7)28-38(54)49-27-17-20-33(49)41(59-8)31(3)42(56)45-25-24-32-18-13-10-11-14-19-32/h10-11,13-14,18-19,22-23,30-34,40-41H,9,12,15-17,20-21,24-29H2,1-8H3,(H,45,56)(H,46,57)(H,47,51). The summed E-state index contributed by atoms with van der Waals surface area (Å²) in [5.74, 6) is -2.53. The zero-order valence-electron chi connectivity index (χ0n) is 36.4. The molecular formula is C44H68N6O9. The summed E-state index contributed by atoms with van der Waals surface area (Å²) in [4.78, 5) is 94.7. The van der Waals surface area contributed by atoms with Crippen molar-refractivity contribution >= 4 is 41.4 Å². The Kier molecular flexibility index (Phi) is 19.7. The number of allylic oxidation sites excluding steroid dienone is 6. The van der Waals surface area contributed by atoms with E-state index in [-0.39, 0.29) is 79.3 Å². The first kappa shape index (κ1) is 48.7. The second kappa shape index (κ2) is 23.8. The van der Waals surface area contributed by atoms with Crippen LogP contribution in [0.15, 0.2) is 48.6 Å². The molecule has 3 aliphatic rings. The largest absolute Gasteiger partial charge is 0.379 e. The number of ether oxygens (including phenoxy) is 2. The first-order valence-electron chi connectivity index (χ1n) is 21.1. The van der Waals surface area contributed by atoms with E-state index >= 15 is 0 Å². The van der Waals surface area contributed by atoms with Gasteiger partial charge in [0.25, 0.3) is 11.8 Å². The highest BCUT2D eigenvalue weighted by molar-refractivity contribution is 6.12. The summed E-state index contributed by atoms with van der Waals surface area (Å²) in [5, 5.41) is 8.45. The first-order chi connectivity index (χ1) is 28.1. The number of carbonyl (C=O) groups is 7. The molecule has 0 bridgehead atoms. The van der Waals surface area contributed by atoms with Gasteiger partial charge in [-0.15, -0.1) is 0 Å². The number of carbonyl (C=O) groups excluding carboxylic acids is 7. The molecule has 0 saturated carbocycles. The Hall–Kier alpha value is -4.63. The summed E-state index contributed by atoms with van der Waals surface area (Å²) in [5.41, 5.74) is -1.31. The smallest absolute Gasteiger partial charge is 0.253 e. The van der Waals surface area contributed by atoms with Crippen molar-refractivity contribution in [3.63, 3.8) is 0 Å². The topological polar surface area (TPSA) is 184 Å². The lowest BCUT2D eigenvalue weighted by Crippen LogP contribution is -2.57. The molecule has 3 N–H and O–H groups in total. The lowest BCUT2D eigenvalue weighted by atomic mass is 9.90. The van der Waals surface area contributed by atoms with Gasteiger partial charge in [-0.25, -0.2) is 0 Å². The molecule has 0 aromatic carbocycles. The lowest BCUT2D eigenvalue weighted by molar-refractivity contribution is -0.146. The molecule has 59 heavy (non-hydrogen) atoms. The van der Waals surface area contributed by atoms with Gasteiger partial charge in [-0.3, -0.25) is 38.5 Å². The SMILES string of the molecule is CCC(C)C(C(CC(=O)N1CCCC1C(OC)C(C)C(=O)NCCC1C=CC=CC=C1)OC)N(C)C(=O)CNC(=O)C(C)(C)NC(=O)CCCCCN1C(=O)C=CC1=O. The molecule has 328 valence electrons. The minimum atomic E-state index is -1.31. The van der Waals surface area contributed by atoms with Gasteiger partial charge in [0.2, 0.25) is 29.5 Å². The van der Waals surface area contributed by atoms with E-state index in [0.717, 1.165) is 17.7 Å². The van der Waals surface area contributed by atoms with Crippen molar-refractivity contribution in [3.05, 3.63) is 48.6 Å². The third kappa shape index (κ3) is 14.3. The highest BCUT2D eigenvalue weighted by atomic mass is 16.5. The summed E-state index contributed by atoms with van der Waals surface area (Å²) < 4.78 is 11.8. The number of unbranched alkanes of at least 4 members (excludes halogenated alkanes) is 2. The van der Waals surface area contributed by atoms with Crippen molar-refractivity contribution in [2.45, 2.75) is 122 Å². The maximum absolute atomic E-state index is 14.1. The molecule has 2 aliphatic heterocycles. The van der Waals surface area contributed by atoms with E-state index in [2.05, 4.69) is 28.1 Å². The quantitative estimate of drug-likeness (QED) is 0.0973. The van der Waals surface area contributed by atoms with Crippen molar-refractivity contribution in [3.8, 4) is 0 Å². The molecule has 6 atom stereocenters. The average molecular weight is 825 g/mol. The van der Waals surface area contributed by atoms with Gasteiger partial charge in [0.05, 0.1) is 43.2 Å². The van der Waals surface area contributed by atoms with Crippen LogP contribution < -0.4 is 16.0 Å². The van der Waals surface area contributed by atoms with E-state index < -0.39 is 35.6 Å². The summed E-state index contributed by atoms with van der Waals surface area (Å²) in [6.45, 7) is 9.92. The summed E-state index contributed by atoms with van der Waals surface area (Å²) in [6, 6.07) is -0.802. The third-order valence-electron chi connectivity index (χ3n) is 11.7. The molecule has 1 fully saturated rings. The van der Waals surface area contributed by atoms with Crippen LogP contribution in [0.2, 0.25) is 0 Å². The zero-order valence-corrected chi connectivity index (χ0v) is 36.4. The van der Waals surface area contributed by atoms with Gasteiger partial charge >= 0.3 is 0 Å². The Balaban J connectivity index is 1.53. The van der Waals surface area contributed by atoms with Crippen LogP contribution in [-0.4, -0.2) is 133 Å². The van der Waals surface area contributed by atoms with Gasteiger partial charge in [-0.2, -0.15) is 0 Å². The predicted molar refractivity (Wildman–Crippen MR) is 224 cm³/mol. The van der Waals surface area contributed by atoms with E-state index in [1.165, 1.54) is 24.2 Å². The molecule has 0 spiro atoms. The van der Waals surface area contributed by atoms with Crippen molar-refractivity contribution in [1.82, 2.24) is 30.7 Å². The molecule has 1 saturated heterocycles. The number of nitrogens with zero attached hydrogens (tertiary/aromatic N) is 3. The highest BCUT2D eigenvalue weighted by Gasteiger charge is 2.42. The molecule has 2 heterocycles. The fourth-order valence-corrected chi connectivity index (χ4v) is 8.00. The van der Waals surface area contributed by atoms with E-state index in [1.54, 1.807) is 32.9 Å². The Morgan fingerprint density at radius 1 is 0.932 bits per heavy atom. The van der Waals surface area contributed by atoms with Crippen molar-refractivity contribution in [2.75, 3.05) is 47.4 Å². The second-order valence-electron chi connectivity index (χ2n) is 16.4. The fraction of sp³-hybridized carbons (Fsp3) is 0.659. The van der Waals surface area contributed by atoms with Gasteiger partial charge in [0.15, 0.2) is 0 Å². The average Bonchev–Trinajstić information content (AvgIpc) is 3.72. The third-order valence-corrected chi connectivity index (χ3v) is 11.7. The Morgan fingerprint density at radius 3 is 2.20 bits per heavy atom. The summed E-state index contributed by atoms with van der Waals surface area (Å²) in [7, 11) is 4.73. The van der Waals surface area contributed by atoms with Gasteiger partial charge in [0.1, 0.15) is 5.54 Å². The molecule has 0 radical (unpaired) electrons. The molecule has 0 aromatic rings. The Labute approximate surface area is 350 Å². The van der Waals surface area contributed by atoms with E-state index in [1.807, 2.05) is 45.1 Å². The zero-order chi connectivity index (χ0) is 43.7. The Morgan fingerprint density at radius 2 is 1.59 bits per heavy atom. The van der Waals surface area contributed by atoms with Crippen LogP contribution >= 0.6 is 0 Å². The van der Waals surface area contributed by atoms with E-state index in [0.29, 0.717) is 45.2 Å². The summed E-state index contributed by atoms with van der Waals surface area (Å²) in [6.07, 6.45) is 18.2. The maximum Gasteiger partial charge on any atom is 0.253 e. The van der Waals surface area contributed by atoms with Gasteiger partial charge in [-0.05, 0) is 57.8 Å². The van der Waals surface area contributed by atoms with Crippen molar-refractivity contribution in [2.24, 2.45) is 17.8 Å². The monoisotopic (exact) mass is 825 g/mol. The minimum absolute atomic E-state index is 0.00501. The van der Waals surface area contributed by atoms with Crippen LogP contribution in [-0.2, 0) is 43.0 Å². The molecule has 7 amide bonds. The minimum Gasteiger partial charge on any atom is -0.379 e. The number of amides is 7. The molecule has 15 heteroatoms. The van der Waals surface area contributed by atoms with Crippen LogP contribution in [0.1, 0.15) is 92.4 Å². The number of rotatable bonds is 24. The number of likely N-dealkylation sites (tertiary alicyclic amines) is 1. The molecule has 6 unspecified atom stereocenters. The van der Waals surface area contributed by atoms with E-state index in [4.69, 9.17) is 9.47 Å². The number of nitrogens with one attached hydrogen (secondary N) is 3. The molecule has 0 aromatic heterocycles. The predicted octanol–water partition coefficient (Wildman–Crippen LogP) is 3.21. The van der Waals surface area contributed by atoms with Gasteiger partial charge < -0.3 is 35.2 Å². The number of methoxy groups -OCH3 is 2. The van der Waals surface area contributed by atoms with Crippen molar-refractivity contribution < 1.29 is 43.0 Å². The van der Waals surface area contributed by atoms with E-state index in [9.17, 15) is 33.6 Å². The van der Waals surface area contributed by atoms with Crippen molar-refractivity contribution in [1.29, 1.82) is 0 Å². The Bertz CT molecular complexity index is 1570. The molecule has 15 nitrogen and oxygen atoms in total. The van der Waals surface area contributed by atoms with Gasteiger partial charge in [0, 0.05) is 59.5 Å². The van der Waals surface area contributed by atoms with Crippen LogP contribution in [0.4, 0.5) is 0 Å². The first-order valence-corrected chi connectivity index (χ1v) is 21.1. The lowest BCUT2D eigenvalue weighted by Gasteiger charge is -2.39. The molecule has 3 rings (SSSR count). The van der Waals surface area contributed by atoms with Crippen LogP contribution in [0.25, 0.3) is 0 Å². The highest BCUT2D eigenvalue weighted by Crippen LogP contribution is 2.29. The van der Waals surface area contributed by atoms with Crippen LogP contribution in [0.3, 0.4) is 0 Å². The maximum atomic E-state index is 14.1. The molecular weight excluding hydrogens is 757 g/mol. The second-order valence-corrected chi connectivity index (χ2v) is 16.4. The van der Waals surface area contributed by atoms with Crippen LogP contribution in [0.5, 0.6) is 0 Å². The normalized spacial score (nSPS) is 19.3.